The Balaban J connectivity index is 1.71. The molecule has 3 aromatic rings. The van der Waals surface area contributed by atoms with Gasteiger partial charge in [0.15, 0.2) is 11.4 Å². The molecule has 12 heteroatoms. The van der Waals surface area contributed by atoms with Gasteiger partial charge in [-0.2, -0.15) is 23.5 Å². The largest absolute Gasteiger partial charge is 0.425 e. The van der Waals surface area contributed by atoms with E-state index < -0.39 is 34.6 Å². The lowest BCUT2D eigenvalue weighted by Crippen LogP contribution is -2.35. The molecular formula is C19H14ClF3N6O2. The van der Waals surface area contributed by atoms with E-state index in [1.54, 1.807) is 6.07 Å². The van der Waals surface area contributed by atoms with E-state index in [2.05, 4.69) is 21.6 Å². The second kappa shape index (κ2) is 7.02. The topological polar surface area (TPSA) is 108 Å². The molecule has 0 spiro atoms. The van der Waals surface area contributed by atoms with Crippen LogP contribution in [0.1, 0.15) is 28.8 Å². The summed E-state index contributed by atoms with van der Waals surface area (Å²) in [5, 5.41) is 18.0. The van der Waals surface area contributed by atoms with E-state index in [4.69, 9.17) is 16.9 Å². The molecule has 0 saturated heterocycles. The summed E-state index contributed by atoms with van der Waals surface area (Å²) in [5.74, 6) is -0.994. The van der Waals surface area contributed by atoms with Crippen molar-refractivity contribution in [3.05, 3.63) is 57.1 Å². The molecule has 2 N–H and O–H groups in total. The number of halogens is 4. The molecule has 0 aliphatic heterocycles. The van der Waals surface area contributed by atoms with Crippen molar-refractivity contribution in [1.82, 2.24) is 24.9 Å². The normalized spacial score (nSPS) is 14.8. The number of benzene rings is 1. The first-order valence-corrected chi connectivity index (χ1v) is 9.37. The highest BCUT2D eigenvalue weighted by Crippen LogP contribution is 2.35. The fourth-order valence-electron chi connectivity index (χ4n) is 3.20. The molecule has 1 aliphatic rings. The highest BCUT2D eigenvalue weighted by molar-refractivity contribution is 6.34. The van der Waals surface area contributed by atoms with E-state index in [0.29, 0.717) is 24.0 Å². The lowest BCUT2D eigenvalue weighted by atomic mass is 10.1. The van der Waals surface area contributed by atoms with Crippen LogP contribution in [0.4, 0.5) is 13.2 Å². The van der Waals surface area contributed by atoms with E-state index in [-0.39, 0.29) is 10.6 Å². The maximum atomic E-state index is 13.3. The Bertz CT molecular complexity index is 1290. The molecule has 1 amide bonds. The van der Waals surface area contributed by atoms with Crippen molar-refractivity contribution in [2.24, 2.45) is 7.05 Å². The SMILES string of the molecule is Cn1[nH]c(=O)c(C(F)(F)F)c1-n1cc(-c2ccc(Cl)c(C(=O)NC3(C#N)CC3)c2)cn1. The number of aryl methyl sites for hydroxylation is 1. The molecule has 31 heavy (non-hydrogen) atoms. The number of nitrogens with zero attached hydrogens (tertiary/aromatic N) is 4. The number of aromatic amines is 1. The molecule has 160 valence electrons. The van der Waals surface area contributed by atoms with Crippen molar-refractivity contribution >= 4 is 17.5 Å². The Morgan fingerprint density at radius 2 is 2.06 bits per heavy atom. The maximum absolute atomic E-state index is 13.3. The molecule has 0 unspecified atom stereocenters. The molecule has 2 heterocycles. The Kier molecular flexibility index (Phi) is 4.70. The molecule has 0 radical (unpaired) electrons. The van der Waals surface area contributed by atoms with E-state index in [9.17, 15) is 22.8 Å². The van der Waals surface area contributed by atoms with Gasteiger partial charge in [-0.25, -0.2) is 4.68 Å². The molecule has 0 bridgehead atoms. The molecule has 4 rings (SSSR count). The summed E-state index contributed by atoms with van der Waals surface area (Å²) < 4.78 is 41.9. The van der Waals surface area contributed by atoms with Crippen molar-refractivity contribution in [3.8, 4) is 23.0 Å². The summed E-state index contributed by atoms with van der Waals surface area (Å²) >= 11 is 6.13. The third kappa shape index (κ3) is 3.70. The van der Waals surface area contributed by atoms with Gasteiger partial charge in [-0.3, -0.25) is 19.4 Å². The van der Waals surface area contributed by atoms with Crippen molar-refractivity contribution in [2.75, 3.05) is 0 Å². The summed E-state index contributed by atoms with van der Waals surface area (Å²) in [6.07, 6.45) is -1.16. The van der Waals surface area contributed by atoms with Gasteiger partial charge < -0.3 is 5.32 Å². The van der Waals surface area contributed by atoms with Crippen LogP contribution in [0.2, 0.25) is 5.02 Å². The number of hydrogen-bond acceptors (Lipinski definition) is 4. The standard InChI is InChI=1S/C19H14ClF3N6O2/c1-28-17(14(16(31)27-28)19(21,22)23)29-8-11(7-25-29)10-2-3-13(20)12(6-10)15(30)26-18(9-24)4-5-18/h2-3,6-8H,4-5H2,1H3,(H,26,30)(H,27,31). The average molecular weight is 451 g/mol. The van der Waals surface area contributed by atoms with Gasteiger partial charge in [-0.15, -0.1) is 0 Å². The van der Waals surface area contributed by atoms with Crippen molar-refractivity contribution in [3.63, 3.8) is 0 Å². The first kappa shape index (κ1) is 20.7. The van der Waals surface area contributed by atoms with Crippen LogP contribution in [0, 0.1) is 11.3 Å². The number of hydrogen-bond donors (Lipinski definition) is 2. The first-order chi connectivity index (χ1) is 14.5. The predicted molar refractivity (Wildman–Crippen MR) is 104 cm³/mol. The van der Waals surface area contributed by atoms with Gasteiger partial charge in [0, 0.05) is 18.8 Å². The number of alkyl halides is 3. The summed E-state index contributed by atoms with van der Waals surface area (Å²) in [6, 6.07) is 6.58. The summed E-state index contributed by atoms with van der Waals surface area (Å²) in [7, 11) is 1.26. The van der Waals surface area contributed by atoms with E-state index in [1.807, 2.05) is 0 Å². The van der Waals surface area contributed by atoms with Gasteiger partial charge in [-0.05, 0) is 30.5 Å². The second-order valence-electron chi connectivity index (χ2n) is 7.21. The number of H-pyrrole nitrogens is 1. The number of carbonyl (C=O) groups excluding carboxylic acids is 1. The molecule has 0 atom stereocenters. The zero-order chi connectivity index (χ0) is 22.6. The number of nitriles is 1. The van der Waals surface area contributed by atoms with Crippen LogP contribution in [-0.2, 0) is 13.2 Å². The van der Waals surface area contributed by atoms with E-state index in [0.717, 1.165) is 9.36 Å². The van der Waals surface area contributed by atoms with Crippen molar-refractivity contribution < 1.29 is 18.0 Å². The third-order valence-electron chi connectivity index (χ3n) is 4.98. The van der Waals surface area contributed by atoms with Crippen LogP contribution in [-0.4, -0.2) is 31.0 Å². The number of carbonyl (C=O) groups is 1. The van der Waals surface area contributed by atoms with E-state index in [1.165, 1.54) is 31.6 Å². The Morgan fingerprint density at radius 3 is 2.68 bits per heavy atom. The number of aromatic nitrogens is 4. The average Bonchev–Trinajstić information content (AvgIpc) is 3.15. The van der Waals surface area contributed by atoms with Gasteiger partial charge in [0.05, 0.1) is 22.9 Å². The van der Waals surface area contributed by atoms with Crippen LogP contribution in [0.15, 0.2) is 35.4 Å². The Morgan fingerprint density at radius 1 is 1.35 bits per heavy atom. The lowest BCUT2D eigenvalue weighted by molar-refractivity contribution is -0.138. The van der Waals surface area contributed by atoms with Gasteiger partial charge in [0.2, 0.25) is 0 Å². The van der Waals surface area contributed by atoms with Gasteiger partial charge in [0.1, 0.15) is 5.54 Å². The zero-order valence-corrected chi connectivity index (χ0v) is 16.7. The quantitative estimate of drug-likeness (QED) is 0.636. The molecule has 2 aromatic heterocycles. The second-order valence-corrected chi connectivity index (χ2v) is 7.62. The van der Waals surface area contributed by atoms with Crippen molar-refractivity contribution in [2.45, 2.75) is 24.6 Å². The number of nitrogens with one attached hydrogen (secondary N) is 2. The van der Waals surface area contributed by atoms with Crippen molar-refractivity contribution in [1.29, 1.82) is 5.26 Å². The minimum absolute atomic E-state index is 0.124. The van der Waals surface area contributed by atoms with Crippen LogP contribution >= 0.6 is 11.6 Å². The smallest absolute Gasteiger partial charge is 0.334 e. The fraction of sp³-hybridized carbons (Fsp3) is 0.263. The van der Waals surface area contributed by atoms with Crippen LogP contribution < -0.4 is 10.9 Å². The van der Waals surface area contributed by atoms with E-state index >= 15 is 0 Å². The van der Waals surface area contributed by atoms with Gasteiger partial charge in [0.25, 0.3) is 11.5 Å². The monoisotopic (exact) mass is 450 g/mol. The summed E-state index contributed by atoms with van der Waals surface area (Å²) in [4.78, 5) is 24.3. The summed E-state index contributed by atoms with van der Waals surface area (Å²) in [5.41, 5.74) is -2.54. The zero-order valence-electron chi connectivity index (χ0n) is 15.9. The van der Waals surface area contributed by atoms with Gasteiger partial charge >= 0.3 is 6.18 Å². The third-order valence-corrected chi connectivity index (χ3v) is 5.31. The minimum atomic E-state index is -4.87. The molecule has 1 saturated carbocycles. The van der Waals surface area contributed by atoms with Crippen LogP contribution in [0.3, 0.4) is 0 Å². The lowest BCUT2D eigenvalue weighted by Gasteiger charge is -2.11. The Hall–Kier alpha value is -3.52. The minimum Gasteiger partial charge on any atom is -0.334 e. The van der Waals surface area contributed by atoms with Gasteiger partial charge in [-0.1, -0.05) is 17.7 Å². The highest BCUT2D eigenvalue weighted by atomic mass is 35.5. The summed E-state index contributed by atoms with van der Waals surface area (Å²) in [6.45, 7) is 0. The highest BCUT2D eigenvalue weighted by Gasteiger charge is 2.45. The predicted octanol–water partition coefficient (Wildman–Crippen LogP) is 3.02. The molecular weight excluding hydrogens is 437 g/mol. The van der Waals surface area contributed by atoms with Crippen LogP contribution in [0.5, 0.6) is 0 Å². The Labute approximate surface area is 177 Å². The molecule has 1 aliphatic carbocycles. The number of rotatable bonds is 4. The fourth-order valence-corrected chi connectivity index (χ4v) is 3.40. The first-order valence-electron chi connectivity index (χ1n) is 8.99. The maximum Gasteiger partial charge on any atom is 0.425 e. The van der Waals surface area contributed by atoms with Crippen LogP contribution in [0.25, 0.3) is 16.9 Å². The molecule has 1 fully saturated rings. The molecule has 1 aromatic carbocycles. The molecule has 8 nitrogen and oxygen atoms in total. The number of amides is 1.